The molecule has 1 aromatic carbocycles. The third-order valence-corrected chi connectivity index (χ3v) is 2.43. The summed E-state index contributed by atoms with van der Waals surface area (Å²) in [6.45, 7) is 5.97. The maximum atomic E-state index is 9.55. The molecule has 0 amide bonds. The quantitative estimate of drug-likeness (QED) is 0.671. The van der Waals surface area contributed by atoms with Crippen LogP contribution in [0.25, 0.3) is 0 Å². The van der Waals surface area contributed by atoms with Gasteiger partial charge in [0, 0.05) is 0 Å². The lowest BCUT2D eigenvalue weighted by Crippen LogP contribution is -2.07. The van der Waals surface area contributed by atoms with E-state index in [1.165, 1.54) is 12.8 Å². The fraction of sp³-hybridized carbons (Fsp3) is 0.500. The molecule has 2 heteroatoms. The van der Waals surface area contributed by atoms with Gasteiger partial charge in [0.15, 0.2) is 0 Å². The van der Waals surface area contributed by atoms with Crippen molar-refractivity contribution in [1.82, 2.24) is 0 Å². The second-order valence-corrected chi connectivity index (χ2v) is 3.54. The summed E-state index contributed by atoms with van der Waals surface area (Å²) in [4.78, 5) is 0. The van der Waals surface area contributed by atoms with Crippen LogP contribution in [0.15, 0.2) is 12.1 Å². The lowest BCUT2D eigenvalue weighted by atomic mass is 9.89. The normalized spacial score (nSPS) is 14.5. The van der Waals surface area contributed by atoms with Crippen LogP contribution in [0.4, 0.5) is 0 Å². The topological polar surface area (TPSA) is 20.2 Å². The van der Waals surface area contributed by atoms with Gasteiger partial charge in [-0.3, -0.25) is 0 Å². The maximum Gasteiger partial charge on any atom is 0.118 e. The molecule has 14 heavy (non-hydrogen) atoms. The Morgan fingerprint density at radius 3 is 2.36 bits per heavy atom. The van der Waals surface area contributed by atoms with E-state index in [-0.39, 0.29) is 0 Å². The molecule has 1 aromatic rings. The first kappa shape index (κ1) is 11.2. The molecule has 0 aromatic heterocycles. The maximum absolute atomic E-state index is 9.55. The van der Waals surface area contributed by atoms with E-state index in [9.17, 15) is 5.11 Å². The predicted octanol–water partition coefficient (Wildman–Crippen LogP) is 2.40. The highest BCUT2D eigenvalue weighted by Crippen LogP contribution is 2.43. The number of aromatic hydroxyl groups is 1. The molecule has 1 N–H and O–H groups in total. The minimum Gasteiger partial charge on any atom is -0.508 e. The summed E-state index contributed by atoms with van der Waals surface area (Å²) in [5.41, 5.74) is 2.81. The SMILES string of the molecule is CC.[B]c1cc(O)c(C2CC2)cc1C. The van der Waals surface area contributed by atoms with Crippen molar-refractivity contribution in [1.29, 1.82) is 0 Å². The predicted molar refractivity (Wildman–Crippen MR) is 61.6 cm³/mol. The number of benzene rings is 1. The minimum absolute atomic E-state index is 0.362. The van der Waals surface area contributed by atoms with Gasteiger partial charge in [-0.1, -0.05) is 30.9 Å². The molecular formula is C12H17BO. The van der Waals surface area contributed by atoms with Crippen LogP contribution in [0.2, 0.25) is 0 Å². The van der Waals surface area contributed by atoms with Crippen LogP contribution in [0, 0.1) is 6.92 Å². The van der Waals surface area contributed by atoms with Gasteiger partial charge >= 0.3 is 0 Å². The van der Waals surface area contributed by atoms with Crippen LogP contribution in [-0.4, -0.2) is 13.0 Å². The van der Waals surface area contributed by atoms with E-state index in [1.807, 2.05) is 26.8 Å². The van der Waals surface area contributed by atoms with Gasteiger partial charge in [-0.05, 0) is 37.3 Å². The Hall–Kier alpha value is -0.915. The fourth-order valence-electron chi connectivity index (χ4n) is 1.46. The van der Waals surface area contributed by atoms with Gasteiger partial charge in [0.2, 0.25) is 0 Å². The summed E-state index contributed by atoms with van der Waals surface area (Å²) in [6.07, 6.45) is 2.41. The summed E-state index contributed by atoms with van der Waals surface area (Å²) >= 11 is 0. The minimum atomic E-state index is 0.362. The number of rotatable bonds is 1. The Bertz CT molecular complexity index is 316. The number of aryl methyl sites for hydroxylation is 1. The molecule has 0 saturated heterocycles. The molecule has 0 unspecified atom stereocenters. The molecule has 0 spiro atoms. The lowest BCUT2D eigenvalue weighted by molar-refractivity contribution is 0.468. The van der Waals surface area contributed by atoms with E-state index in [2.05, 4.69) is 0 Å². The number of phenolic OH excluding ortho intramolecular Hbond substituents is 1. The summed E-state index contributed by atoms with van der Waals surface area (Å²) in [5.74, 6) is 0.949. The van der Waals surface area contributed by atoms with E-state index in [1.54, 1.807) is 6.07 Å². The number of phenols is 1. The highest BCUT2D eigenvalue weighted by atomic mass is 16.3. The van der Waals surface area contributed by atoms with Crippen molar-refractivity contribution in [2.75, 3.05) is 0 Å². The van der Waals surface area contributed by atoms with Crippen LogP contribution < -0.4 is 5.46 Å². The van der Waals surface area contributed by atoms with Crippen LogP contribution in [0.3, 0.4) is 0 Å². The molecule has 1 fully saturated rings. The first-order valence-electron chi connectivity index (χ1n) is 5.27. The van der Waals surface area contributed by atoms with Gasteiger partial charge in [0.25, 0.3) is 0 Å². The highest BCUT2D eigenvalue weighted by molar-refractivity contribution is 6.33. The Morgan fingerprint density at radius 1 is 1.29 bits per heavy atom. The molecule has 1 saturated carbocycles. The smallest absolute Gasteiger partial charge is 0.118 e. The molecule has 0 heterocycles. The van der Waals surface area contributed by atoms with Gasteiger partial charge in [0.05, 0.1) is 0 Å². The van der Waals surface area contributed by atoms with Crippen LogP contribution in [0.1, 0.15) is 43.7 Å². The molecule has 1 aliphatic rings. The Labute approximate surface area is 87.6 Å². The first-order valence-corrected chi connectivity index (χ1v) is 5.27. The van der Waals surface area contributed by atoms with E-state index < -0.39 is 0 Å². The molecular weight excluding hydrogens is 171 g/mol. The summed E-state index contributed by atoms with van der Waals surface area (Å²) in [5, 5.41) is 9.55. The van der Waals surface area contributed by atoms with Crippen molar-refractivity contribution < 1.29 is 5.11 Å². The molecule has 2 radical (unpaired) electrons. The summed E-state index contributed by atoms with van der Waals surface area (Å²) < 4.78 is 0. The van der Waals surface area contributed by atoms with Crippen molar-refractivity contribution in [3.8, 4) is 5.75 Å². The van der Waals surface area contributed by atoms with Crippen molar-refractivity contribution in [2.45, 2.75) is 39.5 Å². The fourth-order valence-corrected chi connectivity index (χ4v) is 1.46. The average molecular weight is 188 g/mol. The third-order valence-electron chi connectivity index (χ3n) is 2.43. The molecule has 0 bridgehead atoms. The zero-order valence-corrected chi connectivity index (χ0v) is 9.17. The van der Waals surface area contributed by atoms with Gasteiger partial charge in [-0.25, -0.2) is 0 Å². The third kappa shape index (κ3) is 2.31. The van der Waals surface area contributed by atoms with Crippen molar-refractivity contribution in [3.63, 3.8) is 0 Å². The van der Waals surface area contributed by atoms with E-state index >= 15 is 0 Å². The van der Waals surface area contributed by atoms with E-state index in [4.69, 9.17) is 7.85 Å². The largest absolute Gasteiger partial charge is 0.508 e. The zero-order chi connectivity index (χ0) is 10.7. The second-order valence-electron chi connectivity index (χ2n) is 3.54. The molecule has 1 nitrogen and oxygen atoms in total. The molecule has 74 valence electrons. The van der Waals surface area contributed by atoms with Gasteiger partial charge < -0.3 is 5.11 Å². The number of hydrogen-bond acceptors (Lipinski definition) is 1. The Morgan fingerprint density at radius 2 is 1.86 bits per heavy atom. The molecule has 2 rings (SSSR count). The van der Waals surface area contributed by atoms with Crippen LogP contribution in [-0.2, 0) is 0 Å². The monoisotopic (exact) mass is 188 g/mol. The molecule has 0 atom stereocenters. The van der Waals surface area contributed by atoms with Crippen molar-refractivity contribution in [3.05, 3.63) is 23.3 Å². The van der Waals surface area contributed by atoms with Crippen molar-refractivity contribution in [2.24, 2.45) is 0 Å². The Kier molecular flexibility index (Phi) is 3.62. The van der Waals surface area contributed by atoms with Gasteiger partial charge in [-0.2, -0.15) is 0 Å². The Balaban J connectivity index is 0.000000461. The van der Waals surface area contributed by atoms with E-state index in [0.29, 0.717) is 17.1 Å². The van der Waals surface area contributed by atoms with Gasteiger partial charge in [-0.15, -0.1) is 0 Å². The number of hydrogen-bond donors (Lipinski definition) is 1. The lowest BCUT2D eigenvalue weighted by Gasteiger charge is -2.06. The zero-order valence-electron chi connectivity index (χ0n) is 9.17. The summed E-state index contributed by atoms with van der Waals surface area (Å²) in [6, 6.07) is 3.66. The van der Waals surface area contributed by atoms with Crippen molar-refractivity contribution >= 4 is 13.3 Å². The standard InChI is InChI=1S/C10H11BO.C2H6/c1-6-4-8(7-2-3-7)10(12)5-9(6)11;1-2/h4-5,7,12H,2-3H2,1H3;1-2H3. The van der Waals surface area contributed by atoms with Crippen LogP contribution >= 0.6 is 0 Å². The first-order chi connectivity index (χ1) is 6.68. The van der Waals surface area contributed by atoms with Gasteiger partial charge in [0.1, 0.15) is 13.6 Å². The summed E-state index contributed by atoms with van der Waals surface area (Å²) in [7, 11) is 5.65. The van der Waals surface area contributed by atoms with E-state index in [0.717, 1.165) is 11.1 Å². The average Bonchev–Trinajstić information content (AvgIpc) is 2.98. The molecule has 1 aliphatic carbocycles. The van der Waals surface area contributed by atoms with Crippen LogP contribution in [0.5, 0.6) is 5.75 Å². The molecule has 0 aliphatic heterocycles. The highest BCUT2D eigenvalue weighted by Gasteiger charge is 2.26. The second kappa shape index (κ2) is 4.54.